The van der Waals surface area contributed by atoms with Crippen LogP contribution in [0.15, 0.2) is 18.2 Å². The molecule has 0 amide bonds. The first-order valence-corrected chi connectivity index (χ1v) is 6.17. The fourth-order valence-corrected chi connectivity index (χ4v) is 2.02. The van der Waals surface area contributed by atoms with Crippen LogP contribution >= 0.6 is 12.2 Å². The van der Waals surface area contributed by atoms with E-state index in [-0.39, 0.29) is 10.8 Å². The molecule has 1 aromatic carbocycles. The minimum absolute atomic E-state index is 0.0873. The van der Waals surface area contributed by atoms with E-state index in [1.165, 1.54) is 6.07 Å². The number of benzene rings is 1. The maximum Gasteiger partial charge on any atom is 0.135 e. The van der Waals surface area contributed by atoms with Gasteiger partial charge in [0.05, 0.1) is 0 Å². The van der Waals surface area contributed by atoms with Crippen molar-refractivity contribution in [2.45, 2.75) is 33.2 Å². The topological polar surface area (TPSA) is 38.0 Å². The van der Waals surface area contributed by atoms with Gasteiger partial charge in [0.2, 0.25) is 0 Å². The Morgan fingerprint density at radius 3 is 2.53 bits per heavy atom. The van der Waals surface area contributed by atoms with Crippen LogP contribution in [0, 0.1) is 11.7 Å². The summed E-state index contributed by atoms with van der Waals surface area (Å²) in [7, 11) is 0. The van der Waals surface area contributed by atoms with E-state index >= 15 is 0 Å². The first-order chi connectivity index (χ1) is 7.90. The number of nitrogens with two attached hydrogens (primary N) is 1. The number of hydrogen-bond acceptors (Lipinski definition) is 2. The maximum atomic E-state index is 13.6. The third-order valence-electron chi connectivity index (χ3n) is 2.47. The average Bonchev–Trinajstić information content (AvgIpc) is 2.15. The summed E-state index contributed by atoms with van der Waals surface area (Å²) < 4.78 is 13.6. The number of thiocarbonyl (C=S) groups is 1. The zero-order valence-electron chi connectivity index (χ0n) is 10.5. The van der Waals surface area contributed by atoms with Crippen LogP contribution in [0.25, 0.3) is 0 Å². The lowest BCUT2D eigenvalue weighted by Gasteiger charge is -2.17. The fraction of sp³-hybridized carbons (Fsp3) is 0.462. The molecular formula is C13H19FN2S. The summed E-state index contributed by atoms with van der Waals surface area (Å²) in [5.41, 5.74) is 6.46. The van der Waals surface area contributed by atoms with E-state index in [1.807, 2.05) is 0 Å². The van der Waals surface area contributed by atoms with Crippen molar-refractivity contribution in [1.82, 2.24) is 0 Å². The molecule has 94 valence electrons. The molecule has 0 aliphatic carbocycles. The molecule has 0 aromatic heterocycles. The van der Waals surface area contributed by atoms with Gasteiger partial charge in [-0.05, 0) is 37.5 Å². The first kappa shape index (κ1) is 13.9. The van der Waals surface area contributed by atoms with Crippen LogP contribution in [0.2, 0.25) is 0 Å². The Bertz CT molecular complexity index is 404. The highest BCUT2D eigenvalue weighted by atomic mass is 32.1. The number of rotatable bonds is 5. The predicted octanol–water partition coefficient (Wildman–Crippen LogP) is 3.31. The average molecular weight is 254 g/mol. The van der Waals surface area contributed by atoms with Gasteiger partial charge in [0.1, 0.15) is 10.8 Å². The molecule has 1 atom stereocenters. The molecule has 1 rings (SSSR count). The van der Waals surface area contributed by atoms with Crippen molar-refractivity contribution in [2.75, 3.05) is 5.32 Å². The van der Waals surface area contributed by atoms with E-state index < -0.39 is 0 Å². The molecule has 1 aromatic rings. The molecule has 0 aliphatic rings. The summed E-state index contributed by atoms with van der Waals surface area (Å²) in [5, 5.41) is 3.26. The van der Waals surface area contributed by atoms with E-state index in [0.29, 0.717) is 17.5 Å². The van der Waals surface area contributed by atoms with Crippen LogP contribution < -0.4 is 11.1 Å². The summed E-state index contributed by atoms with van der Waals surface area (Å²) in [6.45, 7) is 6.41. The fourth-order valence-electron chi connectivity index (χ4n) is 1.86. The van der Waals surface area contributed by atoms with E-state index in [9.17, 15) is 4.39 Å². The quantitative estimate of drug-likeness (QED) is 0.792. The van der Waals surface area contributed by atoms with Crippen molar-refractivity contribution >= 4 is 22.9 Å². The van der Waals surface area contributed by atoms with Gasteiger partial charge in [0.25, 0.3) is 0 Å². The Labute approximate surface area is 107 Å². The smallest absolute Gasteiger partial charge is 0.135 e. The summed E-state index contributed by atoms with van der Waals surface area (Å²) in [6.07, 6.45) is 1.04. The molecule has 17 heavy (non-hydrogen) atoms. The minimum atomic E-state index is -0.376. The molecule has 1 unspecified atom stereocenters. The highest BCUT2D eigenvalue weighted by Gasteiger charge is 2.08. The Morgan fingerprint density at radius 1 is 1.41 bits per heavy atom. The van der Waals surface area contributed by atoms with Crippen LogP contribution in [-0.4, -0.2) is 11.0 Å². The number of hydrogen-bond donors (Lipinski definition) is 2. The summed E-state index contributed by atoms with van der Waals surface area (Å²) in [4.78, 5) is 0.0873. The number of nitrogens with one attached hydrogen (secondary N) is 1. The second-order valence-electron chi connectivity index (χ2n) is 4.73. The van der Waals surface area contributed by atoms with Crippen molar-refractivity contribution in [3.05, 3.63) is 29.6 Å². The lowest BCUT2D eigenvalue weighted by Crippen LogP contribution is -2.18. The SMILES string of the molecule is CC(C)CC(C)Nc1ccc(C(N)=S)c(F)c1. The zero-order chi connectivity index (χ0) is 13.0. The number of anilines is 1. The lowest BCUT2D eigenvalue weighted by atomic mass is 10.0. The normalized spacial score (nSPS) is 12.5. The number of halogens is 1. The van der Waals surface area contributed by atoms with Crippen LogP contribution in [0.1, 0.15) is 32.8 Å². The Balaban J connectivity index is 2.74. The zero-order valence-corrected chi connectivity index (χ0v) is 11.3. The second kappa shape index (κ2) is 5.96. The van der Waals surface area contributed by atoms with Gasteiger partial charge in [0.15, 0.2) is 0 Å². The van der Waals surface area contributed by atoms with E-state index in [4.69, 9.17) is 18.0 Å². The first-order valence-electron chi connectivity index (χ1n) is 5.76. The highest BCUT2D eigenvalue weighted by Crippen LogP contribution is 2.17. The molecule has 0 saturated carbocycles. The Morgan fingerprint density at radius 2 is 2.06 bits per heavy atom. The molecule has 2 nitrogen and oxygen atoms in total. The predicted molar refractivity (Wildman–Crippen MR) is 74.8 cm³/mol. The maximum absolute atomic E-state index is 13.6. The summed E-state index contributed by atoms with van der Waals surface area (Å²) >= 11 is 4.76. The van der Waals surface area contributed by atoms with Crippen molar-refractivity contribution in [2.24, 2.45) is 11.7 Å². The third-order valence-corrected chi connectivity index (χ3v) is 2.69. The lowest BCUT2D eigenvalue weighted by molar-refractivity contribution is 0.539. The molecule has 0 bridgehead atoms. The molecular weight excluding hydrogens is 235 g/mol. The minimum Gasteiger partial charge on any atom is -0.389 e. The van der Waals surface area contributed by atoms with Gasteiger partial charge in [-0.1, -0.05) is 26.1 Å². The van der Waals surface area contributed by atoms with Gasteiger partial charge in [-0.2, -0.15) is 0 Å². The van der Waals surface area contributed by atoms with E-state index in [2.05, 4.69) is 26.1 Å². The van der Waals surface area contributed by atoms with Gasteiger partial charge < -0.3 is 11.1 Å². The van der Waals surface area contributed by atoms with Crippen LogP contribution in [0.4, 0.5) is 10.1 Å². The molecule has 0 saturated heterocycles. The van der Waals surface area contributed by atoms with Crippen LogP contribution in [-0.2, 0) is 0 Å². The van der Waals surface area contributed by atoms with Gasteiger partial charge >= 0.3 is 0 Å². The molecule has 4 heteroatoms. The Hall–Kier alpha value is -1.16. The van der Waals surface area contributed by atoms with Gasteiger partial charge in [-0.3, -0.25) is 0 Å². The standard InChI is InChI=1S/C13H19FN2S/c1-8(2)6-9(3)16-10-4-5-11(13(15)17)12(14)7-10/h4-5,7-9,16H,6H2,1-3H3,(H2,15,17). The summed E-state index contributed by atoms with van der Waals surface area (Å²) in [6, 6.07) is 5.16. The van der Waals surface area contributed by atoms with Crippen molar-refractivity contribution in [1.29, 1.82) is 0 Å². The van der Waals surface area contributed by atoms with Gasteiger partial charge in [-0.25, -0.2) is 4.39 Å². The summed E-state index contributed by atoms with van der Waals surface area (Å²) in [5.74, 6) is 0.234. The Kier molecular flexibility index (Phi) is 4.87. The van der Waals surface area contributed by atoms with Gasteiger partial charge in [0, 0.05) is 17.3 Å². The molecule has 3 N–H and O–H groups in total. The highest BCUT2D eigenvalue weighted by molar-refractivity contribution is 7.80. The second-order valence-corrected chi connectivity index (χ2v) is 5.17. The van der Waals surface area contributed by atoms with Crippen molar-refractivity contribution in [3.8, 4) is 0 Å². The molecule has 0 spiro atoms. The largest absolute Gasteiger partial charge is 0.389 e. The van der Waals surface area contributed by atoms with Crippen LogP contribution in [0.5, 0.6) is 0 Å². The van der Waals surface area contributed by atoms with Crippen molar-refractivity contribution in [3.63, 3.8) is 0 Å². The molecule has 0 aliphatic heterocycles. The van der Waals surface area contributed by atoms with Gasteiger partial charge in [-0.15, -0.1) is 0 Å². The van der Waals surface area contributed by atoms with Crippen molar-refractivity contribution < 1.29 is 4.39 Å². The molecule has 0 heterocycles. The molecule has 0 fully saturated rings. The third kappa shape index (κ3) is 4.30. The molecule has 0 radical (unpaired) electrons. The van der Waals surface area contributed by atoms with E-state index in [0.717, 1.165) is 12.1 Å². The van der Waals surface area contributed by atoms with Crippen LogP contribution in [0.3, 0.4) is 0 Å². The van der Waals surface area contributed by atoms with E-state index in [1.54, 1.807) is 12.1 Å². The monoisotopic (exact) mass is 254 g/mol.